The van der Waals surface area contributed by atoms with Gasteiger partial charge >= 0.3 is 0 Å². The van der Waals surface area contributed by atoms with E-state index in [0.717, 1.165) is 29.7 Å². The van der Waals surface area contributed by atoms with Crippen LogP contribution >= 0.6 is 11.6 Å². The molecule has 1 aliphatic rings. The fraction of sp³-hybridized carbons (Fsp3) is 0.438. The van der Waals surface area contributed by atoms with Gasteiger partial charge in [0.25, 0.3) is 0 Å². The number of para-hydroxylation sites is 1. The Morgan fingerprint density at radius 3 is 3.05 bits per heavy atom. The van der Waals surface area contributed by atoms with Crippen LogP contribution in [0.3, 0.4) is 0 Å². The topological polar surface area (TPSA) is 33.5 Å². The molecule has 3 rings (SSSR count). The van der Waals surface area contributed by atoms with E-state index in [1.165, 1.54) is 5.56 Å². The quantitative estimate of drug-likeness (QED) is 0.804. The number of amides is 1. The van der Waals surface area contributed by atoms with Gasteiger partial charge in [-0.15, -0.1) is 11.6 Å². The van der Waals surface area contributed by atoms with Crippen LogP contribution < -0.4 is 0 Å². The molecule has 2 aromatic rings. The zero-order chi connectivity index (χ0) is 14.1. The van der Waals surface area contributed by atoms with Crippen molar-refractivity contribution in [3.05, 3.63) is 35.6 Å². The molecule has 0 N–H and O–H groups in total. The molecular weight excluding hydrogens is 274 g/mol. The van der Waals surface area contributed by atoms with Crippen molar-refractivity contribution in [1.82, 2.24) is 4.90 Å². The third-order valence-corrected chi connectivity index (χ3v) is 4.16. The van der Waals surface area contributed by atoms with Crippen LogP contribution in [0.2, 0.25) is 0 Å². The summed E-state index contributed by atoms with van der Waals surface area (Å²) in [6.45, 7) is 3.49. The standard InChI is InChI=1S/C16H18ClNO2/c1-11-9-18(15(19)7-4-8-17)10-13-12-5-2-3-6-14(12)20-16(11)13/h2-3,5-6,11H,4,7-10H2,1H3/t11-/m0/s1. The van der Waals surface area contributed by atoms with Crippen LogP contribution in [0, 0.1) is 0 Å². The number of carbonyl (C=O) groups excluding carboxylic acids is 1. The molecule has 0 unspecified atom stereocenters. The SMILES string of the molecule is C[C@H]1CN(C(=O)CCCCl)Cc2c1oc1ccccc21. The van der Waals surface area contributed by atoms with Gasteiger partial charge in [-0.05, 0) is 12.5 Å². The van der Waals surface area contributed by atoms with Crippen molar-refractivity contribution in [3.63, 3.8) is 0 Å². The summed E-state index contributed by atoms with van der Waals surface area (Å²) in [6.07, 6.45) is 1.27. The van der Waals surface area contributed by atoms with Gasteiger partial charge in [0.2, 0.25) is 5.91 Å². The van der Waals surface area contributed by atoms with Crippen LogP contribution in [-0.2, 0) is 11.3 Å². The number of furan rings is 1. The minimum Gasteiger partial charge on any atom is -0.460 e. The average molecular weight is 292 g/mol. The minimum absolute atomic E-state index is 0.188. The lowest BCUT2D eigenvalue weighted by Crippen LogP contribution is -2.37. The van der Waals surface area contributed by atoms with E-state index >= 15 is 0 Å². The first-order valence-electron chi connectivity index (χ1n) is 7.04. The summed E-state index contributed by atoms with van der Waals surface area (Å²) in [4.78, 5) is 14.1. The number of halogens is 1. The van der Waals surface area contributed by atoms with E-state index in [4.69, 9.17) is 16.0 Å². The van der Waals surface area contributed by atoms with Gasteiger partial charge in [0.05, 0.1) is 0 Å². The van der Waals surface area contributed by atoms with Crippen molar-refractivity contribution < 1.29 is 9.21 Å². The van der Waals surface area contributed by atoms with Crippen LogP contribution in [0.4, 0.5) is 0 Å². The Hall–Kier alpha value is -1.48. The molecule has 0 saturated carbocycles. The number of nitrogens with zero attached hydrogens (tertiary/aromatic N) is 1. The molecule has 4 heteroatoms. The molecule has 0 aliphatic carbocycles. The monoisotopic (exact) mass is 291 g/mol. The van der Waals surface area contributed by atoms with E-state index in [0.29, 0.717) is 18.8 Å². The third-order valence-electron chi connectivity index (χ3n) is 3.90. The molecule has 1 aromatic heterocycles. The lowest BCUT2D eigenvalue weighted by molar-refractivity contribution is -0.132. The smallest absolute Gasteiger partial charge is 0.222 e. The Kier molecular flexibility index (Phi) is 3.70. The molecule has 1 atom stereocenters. The Bertz CT molecular complexity index is 634. The first-order chi connectivity index (χ1) is 9.70. The van der Waals surface area contributed by atoms with Crippen molar-refractivity contribution in [3.8, 4) is 0 Å². The highest BCUT2D eigenvalue weighted by atomic mass is 35.5. The van der Waals surface area contributed by atoms with Gasteiger partial charge in [-0.2, -0.15) is 0 Å². The van der Waals surface area contributed by atoms with Crippen LogP contribution in [0.5, 0.6) is 0 Å². The Morgan fingerprint density at radius 2 is 2.25 bits per heavy atom. The van der Waals surface area contributed by atoms with Crippen LogP contribution in [0.25, 0.3) is 11.0 Å². The number of fused-ring (bicyclic) bond motifs is 3. The zero-order valence-corrected chi connectivity index (χ0v) is 12.3. The van der Waals surface area contributed by atoms with Crippen molar-refractivity contribution >= 4 is 28.5 Å². The van der Waals surface area contributed by atoms with Gasteiger partial charge in [-0.3, -0.25) is 4.79 Å². The number of hydrogen-bond donors (Lipinski definition) is 0. The first-order valence-corrected chi connectivity index (χ1v) is 7.58. The summed E-state index contributed by atoms with van der Waals surface area (Å²) in [7, 11) is 0. The van der Waals surface area contributed by atoms with Crippen molar-refractivity contribution in [2.75, 3.05) is 12.4 Å². The molecule has 2 heterocycles. The molecule has 3 nitrogen and oxygen atoms in total. The van der Waals surface area contributed by atoms with E-state index in [2.05, 4.69) is 13.0 Å². The van der Waals surface area contributed by atoms with Gasteiger partial charge in [-0.1, -0.05) is 25.1 Å². The van der Waals surface area contributed by atoms with E-state index in [1.54, 1.807) is 0 Å². The molecule has 20 heavy (non-hydrogen) atoms. The normalized spacial score (nSPS) is 18.3. The van der Waals surface area contributed by atoms with E-state index in [1.807, 2.05) is 23.1 Å². The van der Waals surface area contributed by atoms with Crippen molar-refractivity contribution in [2.24, 2.45) is 0 Å². The highest BCUT2D eigenvalue weighted by Crippen LogP contribution is 2.36. The number of hydrogen-bond acceptors (Lipinski definition) is 2. The van der Waals surface area contributed by atoms with Gasteiger partial charge in [-0.25, -0.2) is 0 Å². The van der Waals surface area contributed by atoms with E-state index in [-0.39, 0.29) is 11.8 Å². The van der Waals surface area contributed by atoms with Crippen molar-refractivity contribution in [1.29, 1.82) is 0 Å². The van der Waals surface area contributed by atoms with Crippen LogP contribution in [-0.4, -0.2) is 23.2 Å². The highest BCUT2D eigenvalue weighted by molar-refractivity contribution is 6.17. The second kappa shape index (κ2) is 5.49. The van der Waals surface area contributed by atoms with Gasteiger partial charge in [0, 0.05) is 42.3 Å². The Balaban J connectivity index is 1.91. The number of carbonyl (C=O) groups is 1. The zero-order valence-electron chi connectivity index (χ0n) is 11.6. The maximum Gasteiger partial charge on any atom is 0.222 e. The molecule has 0 radical (unpaired) electrons. The number of rotatable bonds is 3. The average Bonchev–Trinajstić information content (AvgIpc) is 2.84. The summed E-state index contributed by atoms with van der Waals surface area (Å²) in [5.74, 6) is 2.00. The second-order valence-corrected chi connectivity index (χ2v) is 5.79. The molecule has 106 valence electrons. The fourth-order valence-electron chi connectivity index (χ4n) is 2.91. The maximum atomic E-state index is 12.2. The van der Waals surface area contributed by atoms with Gasteiger partial charge in [0.1, 0.15) is 11.3 Å². The van der Waals surface area contributed by atoms with Gasteiger partial charge < -0.3 is 9.32 Å². The summed E-state index contributed by atoms with van der Waals surface area (Å²) in [6, 6.07) is 8.04. The summed E-state index contributed by atoms with van der Waals surface area (Å²) < 4.78 is 5.95. The summed E-state index contributed by atoms with van der Waals surface area (Å²) >= 11 is 5.67. The molecule has 0 spiro atoms. The second-order valence-electron chi connectivity index (χ2n) is 5.41. The fourth-order valence-corrected chi connectivity index (χ4v) is 3.05. The predicted molar refractivity (Wildman–Crippen MR) is 80.0 cm³/mol. The van der Waals surface area contributed by atoms with E-state index < -0.39 is 0 Å². The minimum atomic E-state index is 0.188. The summed E-state index contributed by atoms with van der Waals surface area (Å²) in [5.41, 5.74) is 2.08. The molecule has 1 amide bonds. The molecule has 1 aliphatic heterocycles. The van der Waals surface area contributed by atoms with Gasteiger partial charge in [0.15, 0.2) is 0 Å². The molecule has 0 fully saturated rings. The molecule has 0 bridgehead atoms. The van der Waals surface area contributed by atoms with Crippen molar-refractivity contribution in [2.45, 2.75) is 32.2 Å². The Morgan fingerprint density at radius 1 is 1.45 bits per heavy atom. The third kappa shape index (κ3) is 2.31. The number of alkyl halides is 1. The largest absolute Gasteiger partial charge is 0.460 e. The first kappa shape index (κ1) is 13.5. The highest BCUT2D eigenvalue weighted by Gasteiger charge is 2.29. The molecular formula is C16H18ClNO2. The maximum absolute atomic E-state index is 12.2. The lowest BCUT2D eigenvalue weighted by atomic mass is 9.96. The predicted octanol–water partition coefficient (Wildman–Crippen LogP) is 3.90. The van der Waals surface area contributed by atoms with Crippen LogP contribution in [0.1, 0.15) is 37.0 Å². The Labute approximate surface area is 123 Å². The van der Waals surface area contributed by atoms with E-state index in [9.17, 15) is 4.79 Å². The summed E-state index contributed by atoms with van der Waals surface area (Å²) in [5, 5.41) is 1.13. The molecule has 0 saturated heterocycles. The number of benzene rings is 1. The molecule has 1 aromatic carbocycles. The van der Waals surface area contributed by atoms with Crippen LogP contribution in [0.15, 0.2) is 28.7 Å². The lowest BCUT2D eigenvalue weighted by Gasteiger charge is -2.30.